The van der Waals surface area contributed by atoms with Crippen molar-refractivity contribution in [3.05, 3.63) is 65.1 Å². The fraction of sp³-hybridized carbons (Fsp3) is 0.419. The Balaban J connectivity index is 1.52. The van der Waals surface area contributed by atoms with Crippen LogP contribution in [0.5, 0.6) is 17.2 Å². The highest BCUT2D eigenvalue weighted by Gasteiger charge is 2.45. The smallest absolute Gasteiger partial charge is 0.290 e. The third-order valence-corrected chi connectivity index (χ3v) is 7.52. The van der Waals surface area contributed by atoms with E-state index in [1.54, 1.807) is 49.6 Å². The number of nitrogens with zero attached hydrogens (tertiary/aromatic N) is 2. The van der Waals surface area contributed by atoms with E-state index in [4.69, 9.17) is 23.4 Å². The van der Waals surface area contributed by atoms with Crippen LogP contribution in [0.15, 0.2) is 58.2 Å². The fourth-order valence-corrected chi connectivity index (χ4v) is 5.28. The SMILES string of the molecule is CCCCOc1ccc(C2C(C(=O)c3cc4cccc(OC)c4o3)=C(O)C(=O)N2CCN2CCOCC2)cc1OC. The molecule has 5 rings (SSSR count). The minimum Gasteiger partial charge on any atom is -0.503 e. The topological polar surface area (TPSA) is 111 Å². The highest BCUT2D eigenvalue weighted by atomic mass is 16.5. The van der Waals surface area contributed by atoms with Crippen LogP contribution >= 0.6 is 0 Å². The van der Waals surface area contributed by atoms with Gasteiger partial charge in [-0.15, -0.1) is 0 Å². The van der Waals surface area contributed by atoms with Gasteiger partial charge in [-0.05, 0) is 36.2 Å². The molecule has 1 N–H and O–H groups in total. The summed E-state index contributed by atoms with van der Waals surface area (Å²) in [6.07, 6.45) is 1.89. The number of amides is 1. The van der Waals surface area contributed by atoms with Gasteiger partial charge in [0.05, 0.1) is 45.7 Å². The van der Waals surface area contributed by atoms with Crippen molar-refractivity contribution in [3.8, 4) is 17.2 Å². The molecule has 1 saturated heterocycles. The number of ketones is 1. The van der Waals surface area contributed by atoms with Crippen molar-refractivity contribution < 1.29 is 38.1 Å². The minimum atomic E-state index is -0.857. The summed E-state index contributed by atoms with van der Waals surface area (Å²) < 4.78 is 28.3. The van der Waals surface area contributed by atoms with Crippen LogP contribution in [0.3, 0.4) is 0 Å². The Hall–Kier alpha value is -4.02. The van der Waals surface area contributed by atoms with Crippen LogP contribution < -0.4 is 14.2 Å². The average Bonchev–Trinajstić information content (AvgIpc) is 3.55. The molecule has 1 atom stereocenters. The highest BCUT2D eigenvalue weighted by Crippen LogP contribution is 2.42. The Morgan fingerprint density at radius 1 is 1.02 bits per heavy atom. The van der Waals surface area contributed by atoms with Crippen molar-refractivity contribution in [2.45, 2.75) is 25.8 Å². The van der Waals surface area contributed by atoms with E-state index in [-0.39, 0.29) is 11.3 Å². The number of para-hydroxylation sites is 1. The normalized spacial score (nSPS) is 17.9. The van der Waals surface area contributed by atoms with E-state index < -0.39 is 23.5 Å². The number of aliphatic hydroxyl groups excluding tert-OH is 1. The lowest BCUT2D eigenvalue weighted by Crippen LogP contribution is -2.43. The summed E-state index contributed by atoms with van der Waals surface area (Å²) >= 11 is 0. The maximum absolute atomic E-state index is 14.0. The van der Waals surface area contributed by atoms with E-state index in [0.29, 0.717) is 66.7 Å². The fourth-order valence-electron chi connectivity index (χ4n) is 5.28. The van der Waals surface area contributed by atoms with Gasteiger partial charge in [-0.2, -0.15) is 0 Å². The van der Waals surface area contributed by atoms with E-state index in [9.17, 15) is 14.7 Å². The number of morpholine rings is 1. The summed E-state index contributed by atoms with van der Waals surface area (Å²) in [6.45, 7) is 6.23. The van der Waals surface area contributed by atoms with Crippen molar-refractivity contribution >= 4 is 22.7 Å². The predicted molar refractivity (Wildman–Crippen MR) is 152 cm³/mol. The number of Topliss-reactive ketones (excluding diaryl/α,β-unsaturated/α-hetero) is 1. The van der Waals surface area contributed by atoms with Gasteiger partial charge in [-0.1, -0.05) is 31.5 Å². The molecule has 0 aliphatic carbocycles. The van der Waals surface area contributed by atoms with Crippen LogP contribution in [-0.2, 0) is 9.53 Å². The van der Waals surface area contributed by atoms with Crippen molar-refractivity contribution in [2.75, 3.05) is 60.2 Å². The lowest BCUT2D eigenvalue weighted by molar-refractivity contribution is -0.129. The van der Waals surface area contributed by atoms with Gasteiger partial charge in [0.2, 0.25) is 5.78 Å². The van der Waals surface area contributed by atoms with Gasteiger partial charge in [-0.3, -0.25) is 14.5 Å². The lowest BCUT2D eigenvalue weighted by Gasteiger charge is -2.31. The van der Waals surface area contributed by atoms with Crippen molar-refractivity contribution in [1.29, 1.82) is 0 Å². The molecule has 1 aromatic heterocycles. The Morgan fingerprint density at radius 2 is 1.80 bits per heavy atom. The quantitative estimate of drug-likeness (QED) is 0.250. The molecule has 0 bridgehead atoms. The van der Waals surface area contributed by atoms with Crippen molar-refractivity contribution in [3.63, 3.8) is 0 Å². The molecule has 2 aliphatic rings. The molecule has 0 radical (unpaired) electrons. The number of carbonyl (C=O) groups excluding carboxylic acids is 2. The molecule has 2 aliphatic heterocycles. The van der Waals surface area contributed by atoms with E-state index in [2.05, 4.69) is 11.8 Å². The van der Waals surface area contributed by atoms with E-state index in [1.165, 1.54) is 12.0 Å². The largest absolute Gasteiger partial charge is 0.503 e. The molecule has 10 nitrogen and oxygen atoms in total. The Labute approximate surface area is 239 Å². The Morgan fingerprint density at radius 3 is 2.54 bits per heavy atom. The zero-order valence-corrected chi connectivity index (χ0v) is 23.7. The third kappa shape index (κ3) is 5.75. The van der Waals surface area contributed by atoms with Gasteiger partial charge < -0.3 is 33.4 Å². The van der Waals surface area contributed by atoms with Crippen LogP contribution in [0.1, 0.15) is 41.9 Å². The third-order valence-electron chi connectivity index (χ3n) is 7.52. The Kier molecular flexibility index (Phi) is 8.80. The average molecular weight is 565 g/mol. The summed E-state index contributed by atoms with van der Waals surface area (Å²) in [4.78, 5) is 31.2. The highest BCUT2D eigenvalue weighted by molar-refractivity contribution is 6.16. The second-order valence-corrected chi connectivity index (χ2v) is 10.0. The number of hydrogen-bond donors (Lipinski definition) is 1. The van der Waals surface area contributed by atoms with Crippen LogP contribution in [0.25, 0.3) is 11.0 Å². The summed E-state index contributed by atoms with van der Waals surface area (Å²) in [7, 11) is 3.07. The molecule has 41 heavy (non-hydrogen) atoms. The monoisotopic (exact) mass is 564 g/mol. The van der Waals surface area contributed by atoms with E-state index in [1.807, 2.05) is 0 Å². The standard InChI is InChI=1S/C31H36N2O8/c1-4-5-15-40-22-10-9-20(18-24(22)38-3)27-26(28(34)25-19-21-7-6-8-23(37-2)30(21)41-25)29(35)31(36)33(27)12-11-32-13-16-39-17-14-32/h6-10,18-19,27,35H,4-5,11-17H2,1-3H3. The summed E-state index contributed by atoms with van der Waals surface area (Å²) in [5, 5.41) is 11.8. The lowest BCUT2D eigenvalue weighted by atomic mass is 9.94. The van der Waals surface area contributed by atoms with Crippen LogP contribution in [0, 0.1) is 0 Å². The van der Waals surface area contributed by atoms with Gasteiger partial charge in [-0.25, -0.2) is 0 Å². The number of unbranched alkanes of at least 4 members (excludes halogenated alkanes) is 1. The molecule has 3 heterocycles. The maximum Gasteiger partial charge on any atom is 0.290 e. The molecule has 1 amide bonds. The van der Waals surface area contributed by atoms with Gasteiger partial charge >= 0.3 is 0 Å². The first-order chi connectivity index (χ1) is 20.0. The molecule has 10 heteroatoms. The Bertz CT molecular complexity index is 1440. The minimum absolute atomic E-state index is 0.00497. The zero-order valence-electron chi connectivity index (χ0n) is 23.7. The molecule has 218 valence electrons. The number of ether oxygens (including phenoxy) is 4. The number of rotatable bonds is 12. The van der Waals surface area contributed by atoms with E-state index in [0.717, 1.165) is 25.9 Å². The zero-order chi connectivity index (χ0) is 28.9. The first-order valence-electron chi connectivity index (χ1n) is 13.9. The number of hydrogen-bond acceptors (Lipinski definition) is 9. The van der Waals surface area contributed by atoms with Crippen molar-refractivity contribution in [2.24, 2.45) is 0 Å². The van der Waals surface area contributed by atoms with Gasteiger partial charge in [0, 0.05) is 31.6 Å². The van der Waals surface area contributed by atoms with Crippen molar-refractivity contribution in [1.82, 2.24) is 9.80 Å². The van der Waals surface area contributed by atoms with Gasteiger partial charge in [0.15, 0.2) is 34.4 Å². The van der Waals surface area contributed by atoms with Crippen LogP contribution in [0.2, 0.25) is 0 Å². The van der Waals surface area contributed by atoms with Gasteiger partial charge in [0.1, 0.15) is 0 Å². The molecule has 0 saturated carbocycles. The number of aliphatic hydroxyl groups is 1. The maximum atomic E-state index is 14.0. The molecule has 2 aromatic carbocycles. The predicted octanol–water partition coefficient (Wildman–Crippen LogP) is 4.54. The molecule has 3 aromatic rings. The molecule has 1 unspecified atom stereocenters. The molecular formula is C31H36N2O8. The van der Waals surface area contributed by atoms with E-state index >= 15 is 0 Å². The summed E-state index contributed by atoms with van der Waals surface area (Å²) in [5.74, 6) is -0.237. The summed E-state index contributed by atoms with van der Waals surface area (Å²) in [6, 6.07) is 11.4. The van der Waals surface area contributed by atoms with Crippen LogP contribution in [-0.4, -0.2) is 86.8 Å². The number of furan rings is 1. The molecule has 0 spiro atoms. The summed E-state index contributed by atoms with van der Waals surface area (Å²) in [5.41, 5.74) is 0.983. The number of fused-ring (bicyclic) bond motifs is 1. The number of methoxy groups -OCH3 is 2. The van der Waals surface area contributed by atoms with Crippen LogP contribution in [0.4, 0.5) is 0 Å². The number of carbonyl (C=O) groups is 2. The second-order valence-electron chi connectivity index (χ2n) is 10.0. The molecular weight excluding hydrogens is 528 g/mol. The van der Waals surface area contributed by atoms with Gasteiger partial charge in [0.25, 0.3) is 5.91 Å². The first-order valence-corrected chi connectivity index (χ1v) is 13.9. The first kappa shape index (κ1) is 28.5. The number of benzene rings is 2. The molecule has 1 fully saturated rings. The second kappa shape index (κ2) is 12.7.